The molecule has 1 saturated carbocycles. The maximum Gasteiger partial charge on any atom is -0.0146 e. The molecule has 0 nitrogen and oxygen atoms in total. The fourth-order valence-electron chi connectivity index (χ4n) is 3.64. The molecule has 2 aromatic rings. The average molecular weight is 252 g/mol. The molecule has 19 heavy (non-hydrogen) atoms. The van der Waals surface area contributed by atoms with E-state index in [0.717, 1.165) is 5.92 Å². The third-order valence-corrected chi connectivity index (χ3v) is 4.61. The van der Waals surface area contributed by atoms with Crippen LogP contribution in [0.3, 0.4) is 0 Å². The van der Waals surface area contributed by atoms with Gasteiger partial charge >= 0.3 is 0 Å². The number of hydrogen-bond acceptors (Lipinski definition) is 0. The highest BCUT2D eigenvalue weighted by atomic mass is 14.2. The summed E-state index contributed by atoms with van der Waals surface area (Å²) in [4.78, 5) is 0. The molecule has 0 atom stereocenters. The fraction of sp³-hybridized carbons (Fsp3) is 0.474. The van der Waals surface area contributed by atoms with Crippen molar-refractivity contribution in [1.82, 2.24) is 0 Å². The quantitative estimate of drug-likeness (QED) is 0.643. The zero-order valence-corrected chi connectivity index (χ0v) is 12.0. The van der Waals surface area contributed by atoms with E-state index in [4.69, 9.17) is 0 Å². The summed E-state index contributed by atoms with van der Waals surface area (Å²) in [6.45, 7) is 2.27. The van der Waals surface area contributed by atoms with Gasteiger partial charge in [-0.25, -0.2) is 0 Å². The van der Waals surface area contributed by atoms with E-state index in [0.29, 0.717) is 0 Å². The Hall–Kier alpha value is -1.30. The molecule has 3 rings (SSSR count). The second-order valence-corrected chi connectivity index (χ2v) is 5.94. The summed E-state index contributed by atoms with van der Waals surface area (Å²) >= 11 is 0. The Labute approximate surface area is 116 Å². The van der Waals surface area contributed by atoms with Crippen LogP contribution >= 0.6 is 0 Å². The smallest absolute Gasteiger partial charge is 0.0146 e. The molecule has 0 radical (unpaired) electrons. The molecular formula is C19H24. The van der Waals surface area contributed by atoms with Crippen molar-refractivity contribution in [1.29, 1.82) is 0 Å². The van der Waals surface area contributed by atoms with Crippen LogP contribution in [0.2, 0.25) is 0 Å². The molecule has 0 heterocycles. The number of benzene rings is 2. The molecule has 0 N–H and O–H groups in total. The lowest BCUT2D eigenvalue weighted by Gasteiger charge is -2.24. The van der Waals surface area contributed by atoms with Gasteiger partial charge < -0.3 is 0 Å². The van der Waals surface area contributed by atoms with Crippen LogP contribution < -0.4 is 0 Å². The second-order valence-electron chi connectivity index (χ2n) is 5.94. The fourth-order valence-corrected chi connectivity index (χ4v) is 3.64. The predicted octanol–water partition coefficient (Wildman–Crippen LogP) is 5.84. The van der Waals surface area contributed by atoms with Gasteiger partial charge in [0.15, 0.2) is 0 Å². The SMILES string of the molecule is CCCc1ccc(C2CCCCC2)c2ccccc12. The topological polar surface area (TPSA) is 0 Å². The third-order valence-electron chi connectivity index (χ3n) is 4.61. The summed E-state index contributed by atoms with van der Waals surface area (Å²) < 4.78 is 0. The Morgan fingerprint density at radius 2 is 1.63 bits per heavy atom. The van der Waals surface area contributed by atoms with Gasteiger partial charge in [0, 0.05) is 0 Å². The minimum absolute atomic E-state index is 0.800. The molecule has 0 aliphatic heterocycles. The number of fused-ring (bicyclic) bond motifs is 1. The van der Waals surface area contributed by atoms with Crippen LogP contribution in [0.25, 0.3) is 10.8 Å². The molecule has 0 heteroatoms. The van der Waals surface area contributed by atoms with Crippen molar-refractivity contribution in [3.63, 3.8) is 0 Å². The van der Waals surface area contributed by atoms with Crippen LogP contribution in [-0.2, 0) is 6.42 Å². The van der Waals surface area contributed by atoms with Crippen LogP contribution in [0.5, 0.6) is 0 Å². The van der Waals surface area contributed by atoms with Crippen LogP contribution in [0.15, 0.2) is 36.4 Å². The molecule has 1 aliphatic carbocycles. The van der Waals surface area contributed by atoms with Gasteiger partial charge in [-0.2, -0.15) is 0 Å². The normalized spacial score (nSPS) is 16.9. The van der Waals surface area contributed by atoms with E-state index in [-0.39, 0.29) is 0 Å². The monoisotopic (exact) mass is 252 g/mol. The van der Waals surface area contributed by atoms with E-state index in [1.54, 1.807) is 5.56 Å². The first-order valence-electron chi connectivity index (χ1n) is 7.90. The number of rotatable bonds is 3. The van der Waals surface area contributed by atoms with Crippen LogP contribution in [0.4, 0.5) is 0 Å². The van der Waals surface area contributed by atoms with Gasteiger partial charge in [0.25, 0.3) is 0 Å². The van der Waals surface area contributed by atoms with Crippen LogP contribution in [0.1, 0.15) is 62.5 Å². The van der Waals surface area contributed by atoms with Crippen molar-refractivity contribution < 1.29 is 0 Å². The largest absolute Gasteiger partial charge is 0.0651 e. The minimum Gasteiger partial charge on any atom is -0.0651 e. The molecule has 100 valence electrons. The summed E-state index contributed by atoms with van der Waals surface area (Å²) in [7, 11) is 0. The van der Waals surface area contributed by atoms with E-state index < -0.39 is 0 Å². The zero-order chi connectivity index (χ0) is 13.1. The van der Waals surface area contributed by atoms with Crippen molar-refractivity contribution in [3.05, 3.63) is 47.5 Å². The molecule has 0 saturated heterocycles. The lowest BCUT2D eigenvalue weighted by atomic mass is 9.81. The molecule has 0 bridgehead atoms. The first-order chi connectivity index (χ1) is 9.40. The van der Waals surface area contributed by atoms with Crippen molar-refractivity contribution in [2.45, 2.75) is 57.8 Å². The van der Waals surface area contributed by atoms with E-state index in [9.17, 15) is 0 Å². The minimum atomic E-state index is 0.800. The Morgan fingerprint density at radius 3 is 2.37 bits per heavy atom. The summed E-state index contributed by atoms with van der Waals surface area (Å²) in [5.41, 5.74) is 3.13. The number of hydrogen-bond donors (Lipinski definition) is 0. The summed E-state index contributed by atoms with van der Waals surface area (Å²) in [6, 6.07) is 13.8. The van der Waals surface area contributed by atoms with Gasteiger partial charge in [-0.1, -0.05) is 69.0 Å². The van der Waals surface area contributed by atoms with Gasteiger partial charge in [-0.05, 0) is 47.1 Å². The molecule has 2 aromatic carbocycles. The molecule has 1 fully saturated rings. The van der Waals surface area contributed by atoms with Gasteiger partial charge in [-0.3, -0.25) is 0 Å². The predicted molar refractivity (Wildman–Crippen MR) is 83.8 cm³/mol. The van der Waals surface area contributed by atoms with Crippen molar-refractivity contribution >= 4 is 10.8 Å². The van der Waals surface area contributed by atoms with E-state index in [1.165, 1.54) is 61.3 Å². The first-order valence-corrected chi connectivity index (χ1v) is 7.90. The van der Waals surface area contributed by atoms with E-state index in [1.807, 2.05) is 0 Å². The molecule has 0 amide bonds. The van der Waals surface area contributed by atoms with Gasteiger partial charge in [-0.15, -0.1) is 0 Å². The van der Waals surface area contributed by atoms with Gasteiger partial charge in [0.2, 0.25) is 0 Å². The molecular weight excluding hydrogens is 228 g/mol. The Kier molecular flexibility index (Phi) is 3.87. The molecule has 1 aliphatic rings. The maximum absolute atomic E-state index is 2.42. The van der Waals surface area contributed by atoms with Crippen molar-refractivity contribution in [3.8, 4) is 0 Å². The van der Waals surface area contributed by atoms with Crippen molar-refractivity contribution in [2.24, 2.45) is 0 Å². The molecule has 0 spiro atoms. The Bertz CT molecular complexity index is 547. The number of aryl methyl sites for hydroxylation is 1. The second kappa shape index (κ2) is 5.77. The van der Waals surface area contributed by atoms with Crippen LogP contribution in [0, 0.1) is 0 Å². The summed E-state index contributed by atoms with van der Waals surface area (Å²) in [5, 5.41) is 3.01. The Morgan fingerprint density at radius 1 is 0.895 bits per heavy atom. The highest BCUT2D eigenvalue weighted by Gasteiger charge is 2.18. The maximum atomic E-state index is 2.42. The lowest BCUT2D eigenvalue weighted by Crippen LogP contribution is -2.05. The van der Waals surface area contributed by atoms with Gasteiger partial charge in [0.1, 0.15) is 0 Å². The highest BCUT2D eigenvalue weighted by Crippen LogP contribution is 2.37. The highest BCUT2D eigenvalue weighted by molar-refractivity contribution is 5.89. The average Bonchev–Trinajstić information content (AvgIpc) is 2.49. The summed E-state index contributed by atoms with van der Waals surface area (Å²) in [5.74, 6) is 0.800. The van der Waals surface area contributed by atoms with Crippen molar-refractivity contribution in [2.75, 3.05) is 0 Å². The Balaban J connectivity index is 2.07. The molecule has 0 aromatic heterocycles. The van der Waals surface area contributed by atoms with Gasteiger partial charge in [0.05, 0.1) is 0 Å². The van der Waals surface area contributed by atoms with E-state index >= 15 is 0 Å². The first kappa shape index (κ1) is 12.7. The lowest BCUT2D eigenvalue weighted by molar-refractivity contribution is 0.445. The summed E-state index contributed by atoms with van der Waals surface area (Å²) in [6.07, 6.45) is 9.46. The zero-order valence-electron chi connectivity index (χ0n) is 12.0. The van der Waals surface area contributed by atoms with Crippen LogP contribution in [-0.4, -0.2) is 0 Å². The molecule has 0 unspecified atom stereocenters. The standard InChI is InChI=1S/C19H24/c1-2-8-15-13-14-18(16-9-4-3-5-10-16)19-12-7-6-11-17(15)19/h6-7,11-14,16H,2-5,8-10H2,1H3. The van der Waals surface area contributed by atoms with E-state index in [2.05, 4.69) is 43.3 Å². The third kappa shape index (κ3) is 2.54.